The van der Waals surface area contributed by atoms with E-state index in [9.17, 15) is 0 Å². The van der Waals surface area contributed by atoms with Crippen LogP contribution in [0.15, 0.2) is 49.2 Å². The summed E-state index contributed by atoms with van der Waals surface area (Å²) in [5.41, 5.74) is 1.78. The molecule has 0 spiro atoms. The summed E-state index contributed by atoms with van der Waals surface area (Å²) < 4.78 is 7.24. The van der Waals surface area contributed by atoms with Gasteiger partial charge in [-0.1, -0.05) is 0 Å². The molecule has 0 saturated heterocycles. The van der Waals surface area contributed by atoms with E-state index in [0.29, 0.717) is 11.8 Å². The largest absolute Gasteiger partial charge is 0.424 e. The Hall–Kier alpha value is -2.76. The molecule has 0 fully saturated rings. The van der Waals surface area contributed by atoms with E-state index in [4.69, 9.17) is 4.74 Å². The molecule has 0 aliphatic rings. The van der Waals surface area contributed by atoms with Crippen LogP contribution in [0.3, 0.4) is 0 Å². The molecular weight excluding hydrogens is 242 g/mol. The summed E-state index contributed by atoms with van der Waals surface area (Å²) in [5, 5.41) is 4.05. The van der Waals surface area contributed by atoms with Crippen LogP contribution in [0.25, 0.3) is 5.69 Å². The fourth-order valence-corrected chi connectivity index (χ4v) is 1.59. The van der Waals surface area contributed by atoms with Crippen LogP contribution in [0, 0.1) is 6.92 Å². The third-order valence-corrected chi connectivity index (χ3v) is 2.50. The van der Waals surface area contributed by atoms with E-state index >= 15 is 0 Å². The Morgan fingerprint density at radius 2 is 1.95 bits per heavy atom. The van der Waals surface area contributed by atoms with Gasteiger partial charge in [-0.05, 0) is 37.3 Å². The lowest BCUT2D eigenvalue weighted by atomic mass is 10.3. The van der Waals surface area contributed by atoms with Crippen molar-refractivity contribution in [2.75, 3.05) is 0 Å². The summed E-state index contributed by atoms with van der Waals surface area (Å²) >= 11 is 0. The van der Waals surface area contributed by atoms with E-state index in [1.54, 1.807) is 17.2 Å². The summed E-state index contributed by atoms with van der Waals surface area (Å²) in [7, 11) is 0. The fraction of sp³-hybridized carbons (Fsp3) is 0.0769. The molecule has 0 atom stereocenters. The Balaban J connectivity index is 1.80. The van der Waals surface area contributed by atoms with Gasteiger partial charge in [0, 0.05) is 11.9 Å². The number of rotatable bonds is 3. The van der Waals surface area contributed by atoms with Crippen molar-refractivity contribution in [3.63, 3.8) is 0 Å². The molecule has 0 radical (unpaired) electrons. The number of benzene rings is 1. The Morgan fingerprint density at radius 1 is 1.11 bits per heavy atom. The van der Waals surface area contributed by atoms with Gasteiger partial charge in [-0.15, -0.1) is 0 Å². The molecule has 19 heavy (non-hydrogen) atoms. The molecule has 6 heteroatoms. The second-order valence-corrected chi connectivity index (χ2v) is 3.92. The molecule has 0 aliphatic carbocycles. The zero-order valence-electron chi connectivity index (χ0n) is 10.3. The second kappa shape index (κ2) is 4.85. The molecule has 0 bridgehead atoms. The van der Waals surface area contributed by atoms with Crippen molar-refractivity contribution in [3.8, 4) is 17.4 Å². The number of hydrogen-bond donors (Lipinski definition) is 0. The van der Waals surface area contributed by atoms with Gasteiger partial charge in [-0.2, -0.15) is 5.10 Å². The predicted molar refractivity (Wildman–Crippen MR) is 68.2 cm³/mol. The first-order chi connectivity index (χ1) is 9.31. The van der Waals surface area contributed by atoms with Gasteiger partial charge in [0.05, 0.1) is 5.69 Å². The smallest absolute Gasteiger partial charge is 0.322 e. The zero-order chi connectivity index (χ0) is 13.1. The average molecular weight is 253 g/mol. The standard InChI is InChI=1S/C13H11N5O/c1-10-6-7-15-13(17-10)19-12-4-2-11(3-5-12)18-9-14-8-16-18/h2-9H,1H3. The molecule has 1 aromatic carbocycles. The molecule has 94 valence electrons. The van der Waals surface area contributed by atoms with Gasteiger partial charge < -0.3 is 4.74 Å². The van der Waals surface area contributed by atoms with Crippen molar-refractivity contribution in [1.29, 1.82) is 0 Å². The predicted octanol–water partition coefficient (Wildman–Crippen LogP) is 2.16. The molecule has 3 aromatic rings. The van der Waals surface area contributed by atoms with Crippen LogP contribution in [-0.2, 0) is 0 Å². The topological polar surface area (TPSA) is 65.7 Å². The summed E-state index contributed by atoms with van der Waals surface area (Å²) in [5.74, 6) is 0.675. The lowest BCUT2D eigenvalue weighted by Crippen LogP contribution is -1.95. The maximum absolute atomic E-state index is 5.56. The molecule has 6 nitrogen and oxygen atoms in total. The van der Waals surface area contributed by atoms with Crippen LogP contribution in [-0.4, -0.2) is 24.7 Å². The van der Waals surface area contributed by atoms with Gasteiger partial charge in [-0.3, -0.25) is 0 Å². The van der Waals surface area contributed by atoms with Gasteiger partial charge in [0.1, 0.15) is 18.4 Å². The first-order valence-corrected chi connectivity index (χ1v) is 5.74. The Bertz CT molecular complexity index is 664. The van der Waals surface area contributed by atoms with Gasteiger partial charge in [0.2, 0.25) is 0 Å². The van der Waals surface area contributed by atoms with Crippen molar-refractivity contribution < 1.29 is 4.74 Å². The summed E-state index contributed by atoms with van der Waals surface area (Å²) in [4.78, 5) is 12.1. The van der Waals surface area contributed by atoms with Crippen LogP contribution < -0.4 is 4.74 Å². The van der Waals surface area contributed by atoms with Crippen LogP contribution in [0.5, 0.6) is 11.8 Å². The molecule has 0 amide bonds. The highest BCUT2D eigenvalue weighted by Gasteiger charge is 2.02. The minimum Gasteiger partial charge on any atom is -0.424 e. The van der Waals surface area contributed by atoms with Crippen molar-refractivity contribution in [2.45, 2.75) is 6.92 Å². The SMILES string of the molecule is Cc1ccnc(Oc2ccc(-n3cncn3)cc2)n1. The van der Waals surface area contributed by atoms with E-state index in [1.807, 2.05) is 37.3 Å². The number of ether oxygens (including phenoxy) is 1. The lowest BCUT2D eigenvalue weighted by molar-refractivity contribution is 0.440. The van der Waals surface area contributed by atoms with Crippen molar-refractivity contribution in [1.82, 2.24) is 24.7 Å². The third kappa shape index (κ3) is 2.57. The van der Waals surface area contributed by atoms with Crippen LogP contribution in [0.4, 0.5) is 0 Å². The molecule has 3 rings (SSSR count). The van der Waals surface area contributed by atoms with E-state index in [1.165, 1.54) is 6.33 Å². The van der Waals surface area contributed by atoms with Crippen molar-refractivity contribution in [2.24, 2.45) is 0 Å². The fourth-order valence-electron chi connectivity index (χ4n) is 1.59. The van der Waals surface area contributed by atoms with Gasteiger partial charge in [0.25, 0.3) is 0 Å². The Labute approximate surface area is 109 Å². The minimum atomic E-state index is 0.341. The summed E-state index contributed by atoms with van der Waals surface area (Å²) in [6.45, 7) is 1.89. The quantitative estimate of drug-likeness (QED) is 0.715. The second-order valence-electron chi connectivity index (χ2n) is 3.92. The molecule has 0 N–H and O–H groups in total. The van der Waals surface area contributed by atoms with E-state index in [2.05, 4.69) is 20.1 Å². The van der Waals surface area contributed by atoms with E-state index in [-0.39, 0.29) is 0 Å². The summed E-state index contributed by atoms with van der Waals surface area (Å²) in [6, 6.07) is 9.61. The summed E-state index contributed by atoms with van der Waals surface area (Å²) in [6.07, 6.45) is 4.80. The Morgan fingerprint density at radius 3 is 2.63 bits per heavy atom. The number of hydrogen-bond acceptors (Lipinski definition) is 5. The average Bonchev–Trinajstić information content (AvgIpc) is 2.94. The lowest BCUT2D eigenvalue weighted by Gasteiger charge is -2.05. The van der Waals surface area contributed by atoms with Crippen LogP contribution in [0.2, 0.25) is 0 Å². The molecule has 0 aliphatic heterocycles. The molecule has 2 aromatic heterocycles. The first-order valence-electron chi connectivity index (χ1n) is 5.74. The molecule has 2 heterocycles. The number of nitrogens with zero attached hydrogens (tertiary/aromatic N) is 5. The zero-order valence-corrected chi connectivity index (χ0v) is 10.3. The number of aryl methyl sites for hydroxylation is 1. The Kier molecular flexibility index (Phi) is 2.89. The van der Waals surface area contributed by atoms with Gasteiger partial charge in [0.15, 0.2) is 0 Å². The third-order valence-electron chi connectivity index (χ3n) is 2.50. The highest BCUT2D eigenvalue weighted by molar-refractivity contribution is 5.37. The number of aromatic nitrogens is 5. The highest BCUT2D eigenvalue weighted by Crippen LogP contribution is 2.19. The van der Waals surface area contributed by atoms with Crippen LogP contribution >= 0.6 is 0 Å². The van der Waals surface area contributed by atoms with E-state index < -0.39 is 0 Å². The minimum absolute atomic E-state index is 0.341. The van der Waals surface area contributed by atoms with E-state index in [0.717, 1.165) is 11.4 Å². The molecule has 0 unspecified atom stereocenters. The first kappa shape index (κ1) is 11.3. The van der Waals surface area contributed by atoms with Crippen molar-refractivity contribution in [3.05, 3.63) is 54.9 Å². The normalized spacial score (nSPS) is 10.4. The molecule has 0 saturated carbocycles. The van der Waals surface area contributed by atoms with Crippen molar-refractivity contribution >= 4 is 0 Å². The monoisotopic (exact) mass is 253 g/mol. The van der Waals surface area contributed by atoms with Gasteiger partial charge in [-0.25, -0.2) is 19.6 Å². The highest BCUT2D eigenvalue weighted by atomic mass is 16.5. The molecular formula is C13H11N5O. The maximum Gasteiger partial charge on any atom is 0.322 e. The van der Waals surface area contributed by atoms with Crippen LogP contribution in [0.1, 0.15) is 5.69 Å². The van der Waals surface area contributed by atoms with Gasteiger partial charge >= 0.3 is 6.01 Å². The maximum atomic E-state index is 5.56.